The predicted octanol–water partition coefficient (Wildman–Crippen LogP) is 3.70. The number of anilines is 1. The Hall–Kier alpha value is -2.14. The van der Waals surface area contributed by atoms with E-state index in [2.05, 4.69) is 45.6 Å². The van der Waals surface area contributed by atoms with Crippen LogP contribution in [0.1, 0.15) is 24.5 Å². The summed E-state index contributed by atoms with van der Waals surface area (Å²) in [5, 5.41) is 5.40. The lowest BCUT2D eigenvalue weighted by Gasteiger charge is -2.08. The van der Waals surface area contributed by atoms with Crippen molar-refractivity contribution in [1.82, 2.24) is 5.32 Å². The number of amides is 2. The highest BCUT2D eigenvalue weighted by atomic mass is 79.9. The molecule has 2 aromatic carbocycles. The fourth-order valence-corrected chi connectivity index (χ4v) is 2.61. The molecule has 0 aromatic heterocycles. The van der Waals surface area contributed by atoms with E-state index in [0.29, 0.717) is 18.5 Å². The first-order valence-corrected chi connectivity index (χ1v) is 8.76. The lowest BCUT2D eigenvalue weighted by Crippen LogP contribution is -2.33. The maximum atomic E-state index is 11.9. The average molecular weight is 389 g/mol. The topological polar surface area (TPSA) is 58.2 Å². The monoisotopic (exact) mass is 388 g/mol. The minimum atomic E-state index is -0.248. The van der Waals surface area contributed by atoms with Gasteiger partial charge in [0.2, 0.25) is 11.8 Å². The molecule has 126 valence electrons. The van der Waals surface area contributed by atoms with E-state index < -0.39 is 0 Å². The predicted molar refractivity (Wildman–Crippen MR) is 99.9 cm³/mol. The van der Waals surface area contributed by atoms with Gasteiger partial charge in [-0.3, -0.25) is 9.59 Å². The van der Waals surface area contributed by atoms with E-state index in [-0.39, 0.29) is 18.4 Å². The van der Waals surface area contributed by atoms with Crippen LogP contribution in [0.4, 0.5) is 5.69 Å². The summed E-state index contributed by atoms with van der Waals surface area (Å²) in [5.41, 5.74) is 3.10. The van der Waals surface area contributed by atoms with Gasteiger partial charge in [-0.25, -0.2) is 0 Å². The molecule has 0 aliphatic rings. The molecule has 2 rings (SSSR count). The first-order valence-electron chi connectivity index (χ1n) is 7.97. The fraction of sp³-hybridized carbons (Fsp3) is 0.263. The molecular formula is C19H21BrN2O2. The third kappa shape index (κ3) is 5.81. The number of halogens is 1. The molecule has 0 heterocycles. The molecule has 0 saturated carbocycles. The molecule has 4 nitrogen and oxygen atoms in total. The first-order chi connectivity index (χ1) is 11.6. The van der Waals surface area contributed by atoms with Crippen LogP contribution in [0, 0.1) is 0 Å². The summed E-state index contributed by atoms with van der Waals surface area (Å²) in [6.45, 7) is 2.08. The van der Waals surface area contributed by atoms with Crippen LogP contribution in [-0.4, -0.2) is 18.4 Å². The molecular weight excluding hydrogens is 368 g/mol. The van der Waals surface area contributed by atoms with Crippen molar-refractivity contribution in [2.24, 2.45) is 0 Å². The first kappa shape index (κ1) is 18.2. The lowest BCUT2D eigenvalue weighted by molar-refractivity contribution is -0.124. The summed E-state index contributed by atoms with van der Waals surface area (Å²) in [6.07, 6.45) is 2.04. The standard InChI is InChI=1S/C19H21BrN2O2/c1-2-14-7-9-15(10-8-14)11-12-18(23)21-13-19(24)22-17-6-4-3-5-16(17)20/h3-10H,2,11-13H2,1H3,(H,21,23)(H,22,24). The van der Waals surface area contributed by atoms with Crippen LogP contribution in [0.5, 0.6) is 0 Å². The minimum Gasteiger partial charge on any atom is -0.347 e. The second-order valence-corrected chi connectivity index (χ2v) is 6.33. The Morgan fingerprint density at radius 3 is 2.29 bits per heavy atom. The Morgan fingerprint density at radius 2 is 1.62 bits per heavy atom. The lowest BCUT2D eigenvalue weighted by atomic mass is 10.1. The summed E-state index contributed by atoms with van der Waals surface area (Å²) < 4.78 is 0.806. The Labute approximate surface area is 150 Å². The Bertz CT molecular complexity index is 699. The van der Waals surface area contributed by atoms with E-state index in [0.717, 1.165) is 16.5 Å². The van der Waals surface area contributed by atoms with Gasteiger partial charge in [0.1, 0.15) is 0 Å². The second-order valence-electron chi connectivity index (χ2n) is 5.47. The van der Waals surface area contributed by atoms with Gasteiger partial charge in [0.05, 0.1) is 12.2 Å². The number of benzene rings is 2. The van der Waals surface area contributed by atoms with Gasteiger partial charge in [0, 0.05) is 10.9 Å². The molecule has 0 bridgehead atoms. The molecule has 0 saturated heterocycles. The van der Waals surface area contributed by atoms with E-state index in [4.69, 9.17) is 0 Å². The van der Waals surface area contributed by atoms with Crippen molar-refractivity contribution in [2.75, 3.05) is 11.9 Å². The largest absolute Gasteiger partial charge is 0.347 e. The van der Waals surface area contributed by atoms with Crippen LogP contribution in [0.3, 0.4) is 0 Å². The molecule has 0 aliphatic carbocycles. The maximum Gasteiger partial charge on any atom is 0.243 e. The quantitative estimate of drug-likeness (QED) is 0.759. The third-order valence-corrected chi connectivity index (χ3v) is 4.36. The highest BCUT2D eigenvalue weighted by molar-refractivity contribution is 9.10. The van der Waals surface area contributed by atoms with E-state index in [1.165, 1.54) is 5.56 Å². The molecule has 2 aromatic rings. The SMILES string of the molecule is CCc1ccc(CCC(=O)NCC(=O)Nc2ccccc2Br)cc1. The van der Waals surface area contributed by atoms with E-state index in [1.54, 1.807) is 6.07 Å². The summed E-state index contributed by atoms with van der Waals surface area (Å²) in [4.78, 5) is 23.7. The van der Waals surface area contributed by atoms with E-state index in [1.807, 2.05) is 30.3 Å². The van der Waals surface area contributed by atoms with Crippen molar-refractivity contribution in [1.29, 1.82) is 0 Å². The number of para-hydroxylation sites is 1. The third-order valence-electron chi connectivity index (χ3n) is 3.67. The molecule has 0 atom stereocenters. The van der Waals surface area contributed by atoms with Crippen LogP contribution in [0.2, 0.25) is 0 Å². The minimum absolute atomic E-state index is 0.0328. The van der Waals surface area contributed by atoms with Gasteiger partial charge in [0.25, 0.3) is 0 Å². The summed E-state index contributed by atoms with van der Waals surface area (Å²) in [7, 11) is 0. The summed E-state index contributed by atoms with van der Waals surface area (Å²) >= 11 is 3.36. The number of aryl methyl sites for hydroxylation is 2. The van der Waals surface area contributed by atoms with E-state index in [9.17, 15) is 9.59 Å². The van der Waals surface area contributed by atoms with Gasteiger partial charge >= 0.3 is 0 Å². The van der Waals surface area contributed by atoms with Crippen molar-refractivity contribution in [3.8, 4) is 0 Å². The molecule has 2 N–H and O–H groups in total. The Morgan fingerprint density at radius 1 is 0.958 bits per heavy atom. The van der Waals surface area contributed by atoms with Crippen molar-refractivity contribution in [3.05, 3.63) is 64.1 Å². The van der Waals surface area contributed by atoms with Crippen LogP contribution in [-0.2, 0) is 22.4 Å². The zero-order chi connectivity index (χ0) is 17.4. The number of carbonyl (C=O) groups excluding carboxylic acids is 2. The van der Waals surface area contributed by atoms with Crippen LogP contribution >= 0.6 is 15.9 Å². The zero-order valence-corrected chi connectivity index (χ0v) is 15.2. The molecule has 2 amide bonds. The summed E-state index contributed by atoms with van der Waals surface area (Å²) in [6, 6.07) is 15.6. The molecule has 0 unspecified atom stereocenters. The van der Waals surface area contributed by atoms with Gasteiger partial charge in [-0.2, -0.15) is 0 Å². The molecule has 5 heteroatoms. The smallest absolute Gasteiger partial charge is 0.243 e. The second kappa shape index (κ2) is 9.23. The number of hydrogen-bond acceptors (Lipinski definition) is 2. The molecule has 0 aliphatic heterocycles. The van der Waals surface area contributed by atoms with Gasteiger partial charge in [-0.1, -0.05) is 43.3 Å². The number of rotatable bonds is 7. The van der Waals surface area contributed by atoms with Crippen LogP contribution in [0.15, 0.2) is 53.0 Å². The molecule has 0 radical (unpaired) electrons. The summed E-state index contributed by atoms with van der Waals surface area (Å²) in [5.74, 6) is -0.376. The van der Waals surface area contributed by atoms with Gasteiger partial charge in [-0.05, 0) is 52.0 Å². The highest BCUT2D eigenvalue weighted by Crippen LogP contribution is 2.20. The van der Waals surface area contributed by atoms with Crippen LogP contribution in [0.25, 0.3) is 0 Å². The molecule has 24 heavy (non-hydrogen) atoms. The van der Waals surface area contributed by atoms with Crippen molar-refractivity contribution in [3.63, 3.8) is 0 Å². The maximum absolute atomic E-state index is 11.9. The Kier molecular flexibility index (Phi) is 7.00. The molecule has 0 spiro atoms. The van der Waals surface area contributed by atoms with Gasteiger partial charge < -0.3 is 10.6 Å². The highest BCUT2D eigenvalue weighted by Gasteiger charge is 2.08. The van der Waals surface area contributed by atoms with Gasteiger partial charge in [0.15, 0.2) is 0 Å². The average Bonchev–Trinajstić information content (AvgIpc) is 2.60. The number of carbonyl (C=O) groups is 2. The zero-order valence-electron chi connectivity index (χ0n) is 13.6. The van der Waals surface area contributed by atoms with Crippen LogP contribution < -0.4 is 10.6 Å². The molecule has 0 fully saturated rings. The van der Waals surface area contributed by atoms with Crippen molar-refractivity contribution >= 4 is 33.4 Å². The van der Waals surface area contributed by atoms with Crippen molar-refractivity contribution < 1.29 is 9.59 Å². The Balaban J connectivity index is 1.72. The normalized spacial score (nSPS) is 10.2. The number of hydrogen-bond donors (Lipinski definition) is 2. The van der Waals surface area contributed by atoms with Gasteiger partial charge in [-0.15, -0.1) is 0 Å². The number of nitrogens with one attached hydrogen (secondary N) is 2. The fourth-order valence-electron chi connectivity index (χ4n) is 2.22. The van der Waals surface area contributed by atoms with E-state index >= 15 is 0 Å². The van der Waals surface area contributed by atoms with Crippen molar-refractivity contribution in [2.45, 2.75) is 26.2 Å².